The lowest BCUT2D eigenvalue weighted by molar-refractivity contribution is 0.0472. The number of hydrogen-bond acceptors (Lipinski definition) is 3. The van der Waals surface area contributed by atoms with Crippen molar-refractivity contribution in [1.82, 2.24) is 9.80 Å². The van der Waals surface area contributed by atoms with E-state index in [-0.39, 0.29) is 18.6 Å². The molecular formula is C17H26N2O2. The summed E-state index contributed by atoms with van der Waals surface area (Å²) in [6.45, 7) is 7.57. The number of rotatable bonds is 5. The molecule has 1 aliphatic heterocycles. The summed E-state index contributed by atoms with van der Waals surface area (Å²) in [5.41, 5.74) is 2.03. The fourth-order valence-corrected chi connectivity index (χ4v) is 2.86. The van der Waals surface area contributed by atoms with E-state index in [1.165, 1.54) is 5.56 Å². The maximum Gasteiger partial charge on any atom is 0.253 e. The average molecular weight is 290 g/mol. The van der Waals surface area contributed by atoms with Crippen molar-refractivity contribution in [2.45, 2.75) is 32.7 Å². The Morgan fingerprint density at radius 2 is 1.76 bits per heavy atom. The minimum atomic E-state index is 0.120. The molecule has 1 atom stereocenters. The summed E-state index contributed by atoms with van der Waals surface area (Å²) in [7, 11) is 0. The van der Waals surface area contributed by atoms with Gasteiger partial charge >= 0.3 is 0 Å². The van der Waals surface area contributed by atoms with Crippen LogP contribution in [-0.2, 0) is 6.42 Å². The first-order valence-corrected chi connectivity index (χ1v) is 7.92. The summed E-state index contributed by atoms with van der Waals surface area (Å²) in [4.78, 5) is 16.7. The molecule has 0 bridgehead atoms. The van der Waals surface area contributed by atoms with Crippen molar-refractivity contribution in [2.24, 2.45) is 0 Å². The SMILES string of the molecule is CCc1ccc(C(=O)N2CCN(C(CC)CO)CC2)cc1. The van der Waals surface area contributed by atoms with Gasteiger partial charge in [-0.25, -0.2) is 0 Å². The zero-order valence-electron chi connectivity index (χ0n) is 13.1. The molecule has 4 nitrogen and oxygen atoms in total. The van der Waals surface area contributed by atoms with Crippen LogP contribution in [0.4, 0.5) is 0 Å². The molecule has 116 valence electrons. The van der Waals surface area contributed by atoms with Crippen LogP contribution in [0.3, 0.4) is 0 Å². The highest BCUT2D eigenvalue weighted by molar-refractivity contribution is 5.94. The highest BCUT2D eigenvalue weighted by Crippen LogP contribution is 2.13. The number of benzene rings is 1. The fourth-order valence-electron chi connectivity index (χ4n) is 2.86. The molecule has 2 rings (SSSR count). The first kappa shape index (κ1) is 16.0. The van der Waals surface area contributed by atoms with E-state index in [1.54, 1.807) is 0 Å². The third-order valence-corrected chi connectivity index (χ3v) is 4.41. The van der Waals surface area contributed by atoms with Gasteiger partial charge in [-0.2, -0.15) is 0 Å². The molecule has 1 aliphatic rings. The van der Waals surface area contributed by atoms with Gasteiger partial charge in [-0.05, 0) is 30.5 Å². The van der Waals surface area contributed by atoms with Gasteiger partial charge in [0.05, 0.1) is 6.61 Å². The lowest BCUT2D eigenvalue weighted by atomic mass is 10.1. The van der Waals surface area contributed by atoms with E-state index < -0.39 is 0 Å². The molecule has 1 unspecified atom stereocenters. The maximum atomic E-state index is 12.5. The molecule has 21 heavy (non-hydrogen) atoms. The van der Waals surface area contributed by atoms with Gasteiger partial charge < -0.3 is 10.0 Å². The first-order valence-electron chi connectivity index (χ1n) is 7.92. The summed E-state index contributed by atoms with van der Waals surface area (Å²) in [6, 6.07) is 8.14. The third kappa shape index (κ3) is 3.83. The van der Waals surface area contributed by atoms with Crippen LogP contribution in [0.25, 0.3) is 0 Å². The Bertz CT molecular complexity index is 446. The second kappa shape index (κ2) is 7.57. The van der Waals surface area contributed by atoms with E-state index in [4.69, 9.17) is 0 Å². The largest absolute Gasteiger partial charge is 0.395 e. The molecule has 1 N–H and O–H groups in total. The number of nitrogens with zero attached hydrogens (tertiary/aromatic N) is 2. The van der Waals surface area contributed by atoms with Gasteiger partial charge in [-0.3, -0.25) is 9.69 Å². The fraction of sp³-hybridized carbons (Fsp3) is 0.588. The van der Waals surface area contributed by atoms with E-state index in [9.17, 15) is 9.90 Å². The number of hydrogen-bond donors (Lipinski definition) is 1. The molecule has 1 aromatic rings. The molecule has 4 heteroatoms. The van der Waals surface area contributed by atoms with Crippen LogP contribution >= 0.6 is 0 Å². The lowest BCUT2D eigenvalue weighted by Gasteiger charge is -2.38. The Hall–Kier alpha value is -1.39. The topological polar surface area (TPSA) is 43.8 Å². The van der Waals surface area contributed by atoms with E-state index in [0.29, 0.717) is 0 Å². The average Bonchev–Trinajstić information content (AvgIpc) is 2.56. The van der Waals surface area contributed by atoms with Crippen molar-refractivity contribution in [3.63, 3.8) is 0 Å². The summed E-state index contributed by atoms with van der Waals surface area (Å²) in [5.74, 6) is 0.120. The number of aliphatic hydroxyl groups is 1. The third-order valence-electron chi connectivity index (χ3n) is 4.41. The van der Waals surface area contributed by atoms with Crippen molar-refractivity contribution >= 4 is 5.91 Å². The molecule has 1 saturated heterocycles. The summed E-state index contributed by atoms with van der Waals surface area (Å²) in [5, 5.41) is 9.36. The summed E-state index contributed by atoms with van der Waals surface area (Å²) >= 11 is 0. The van der Waals surface area contributed by atoms with Crippen LogP contribution in [0.5, 0.6) is 0 Å². The quantitative estimate of drug-likeness (QED) is 0.899. The Kier molecular flexibility index (Phi) is 5.76. The van der Waals surface area contributed by atoms with E-state index >= 15 is 0 Å². The van der Waals surface area contributed by atoms with Crippen molar-refractivity contribution in [2.75, 3.05) is 32.8 Å². The van der Waals surface area contributed by atoms with Crippen LogP contribution < -0.4 is 0 Å². The van der Waals surface area contributed by atoms with Crippen LogP contribution in [0.15, 0.2) is 24.3 Å². The number of aliphatic hydroxyl groups excluding tert-OH is 1. The van der Waals surface area contributed by atoms with Gasteiger partial charge in [-0.15, -0.1) is 0 Å². The van der Waals surface area contributed by atoms with Crippen molar-refractivity contribution in [3.05, 3.63) is 35.4 Å². The predicted molar refractivity (Wildman–Crippen MR) is 84.5 cm³/mol. The van der Waals surface area contributed by atoms with Gasteiger partial charge in [-0.1, -0.05) is 26.0 Å². The molecule has 0 aromatic heterocycles. The van der Waals surface area contributed by atoms with Gasteiger partial charge in [0.15, 0.2) is 0 Å². The Balaban J connectivity index is 1.93. The number of piperazine rings is 1. The Morgan fingerprint density at radius 1 is 1.14 bits per heavy atom. The monoisotopic (exact) mass is 290 g/mol. The smallest absolute Gasteiger partial charge is 0.253 e. The molecule has 1 aromatic carbocycles. The highest BCUT2D eigenvalue weighted by atomic mass is 16.3. The van der Waals surface area contributed by atoms with E-state index in [0.717, 1.165) is 44.6 Å². The predicted octanol–water partition coefficient (Wildman–Crippen LogP) is 1.78. The zero-order valence-corrected chi connectivity index (χ0v) is 13.1. The molecule has 1 amide bonds. The molecule has 0 aliphatic carbocycles. The van der Waals surface area contributed by atoms with Crippen molar-refractivity contribution < 1.29 is 9.90 Å². The second-order valence-corrected chi connectivity index (χ2v) is 5.62. The Labute approximate surface area is 127 Å². The molecule has 0 saturated carbocycles. The van der Waals surface area contributed by atoms with Crippen molar-refractivity contribution in [3.8, 4) is 0 Å². The number of aryl methyl sites for hydroxylation is 1. The standard InChI is InChI=1S/C17H26N2O2/c1-3-14-5-7-15(8-6-14)17(21)19-11-9-18(10-12-19)16(4-2)13-20/h5-8,16,20H,3-4,9-13H2,1-2H3. The van der Waals surface area contributed by atoms with Gasteiger partial charge in [0, 0.05) is 37.8 Å². The number of carbonyl (C=O) groups excluding carboxylic acids is 1. The Morgan fingerprint density at radius 3 is 2.24 bits per heavy atom. The van der Waals surface area contributed by atoms with Gasteiger partial charge in [0.25, 0.3) is 5.91 Å². The molecule has 1 fully saturated rings. The molecular weight excluding hydrogens is 264 g/mol. The molecule has 0 spiro atoms. The van der Waals surface area contributed by atoms with Crippen LogP contribution in [0.1, 0.15) is 36.2 Å². The zero-order chi connectivity index (χ0) is 15.2. The summed E-state index contributed by atoms with van der Waals surface area (Å²) < 4.78 is 0. The first-order chi connectivity index (χ1) is 10.2. The van der Waals surface area contributed by atoms with E-state index in [1.807, 2.05) is 29.2 Å². The minimum Gasteiger partial charge on any atom is -0.395 e. The van der Waals surface area contributed by atoms with Gasteiger partial charge in [0.1, 0.15) is 0 Å². The van der Waals surface area contributed by atoms with Gasteiger partial charge in [0.2, 0.25) is 0 Å². The highest BCUT2D eigenvalue weighted by Gasteiger charge is 2.25. The summed E-state index contributed by atoms with van der Waals surface area (Å²) in [6.07, 6.45) is 1.94. The normalized spacial score (nSPS) is 17.8. The lowest BCUT2D eigenvalue weighted by Crippen LogP contribution is -2.52. The van der Waals surface area contributed by atoms with Crippen molar-refractivity contribution in [1.29, 1.82) is 0 Å². The second-order valence-electron chi connectivity index (χ2n) is 5.62. The minimum absolute atomic E-state index is 0.120. The molecule has 0 radical (unpaired) electrons. The molecule has 1 heterocycles. The van der Waals surface area contributed by atoms with Crippen LogP contribution in [0.2, 0.25) is 0 Å². The van der Waals surface area contributed by atoms with Crippen LogP contribution in [0, 0.1) is 0 Å². The number of amides is 1. The maximum absolute atomic E-state index is 12.5. The van der Waals surface area contributed by atoms with E-state index in [2.05, 4.69) is 18.7 Å². The number of carbonyl (C=O) groups is 1. The van der Waals surface area contributed by atoms with Crippen LogP contribution in [-0.4, -0.2) is 59.6 Å².